The van der Waals surface area contributed by atoms with Crippen molar-refractivity contribution in [1.29, 1.82) is 0 Å². The van der Waals surface area contributed by atoms with Gasteiger partial charge in [0, 0.05) is 10.6 Å². The normalized spacial score (nSPS) is 16.4. The summed E-state index contributed by atoms with van der Waals surface area (Å²) < 4.78 is 5.19. The summed E-state index contributed by atoms with van der Waals surface area (Å²) >= 11 is 1.70. The third kappa shape index (κ3) is 4.25. The Hall–Kier alpha value is -3.09. The van der Waals surface area contributed by atoms with Crippen LogP contribution in [0.5, 0.6) is 0 Å². The minimum atomic E-state index is -1.42. The summed E-state index contributed by atoms with van der Waals surface area (Å²) in [5, 5.41) is 10.2. The maximum atomic E-state index is 13.2. The Bertz CT molecular complexity index is 1030. The number of hydrogen-bond donors (Lipinski definition) is 1. The minimum absolute atomic E-state index is 0.170. The van der Waals surface area contributed by atoms with Crippen molar-refractivity contribution in [3.05, 3.63) is 96.1 Å². The van der Waals surface area contributed by atoms with E-state index in [4.69, 9.17) is 4.74 Å². The average molecular weight is 420 g/mol. The number of hydrogen-bond acceptors (Lipinski definition) is 5. The Morgan fingerprint density at radius 1 is 0.967 bits per heavy atom. The molecule has 4 rings (SSSR count). The van der Waals surface area contributed by atoms with Crippen LogP contribution in [0.1, 0.15) is 23.3 Å². The lowest BCUT2D eigenvalue weighted by atomic mass is 10.1. The first kappa shape index (κ1) is 20.2. The van der Waals surface area contributed by atoms with E-state index >= 15 is 0 Å². The Morgan fingerprint density at radius 3 is 2.33 bits per heavy atom. The smallest absolute Gasteiger partial charge is 0.340 e. The Kier molecular flexibility index (Phi) is 6.16. The van der Waals surface area contributed by atoms with Crippen molar-refractivity contribution in [2.45, 2.75) is 17.0 Å². The number of thioether (sulfide) groups is 1. The number of carbonyl (C=O) groups excluding carboxylic acids is 2. The van der Waals surface area contributed by atoms with Crippen LogP contribution < -0.4 is 4.90 Å². The molecule has 0 unspecified atom stereocenters. The molecule has 1 aliphatic rings. The fraction of sp³-hybridized carbons (Fsp3) is 0.167. The second-order valence-corrected chi connectivity index (χ2v) is 7.95. The van der Waals surface area contributed by atoms with Gasteiger partial charge in [0.25, 0.3) is 5.91 Å². The number of para-hydroxylation sites is 1. The van der Waals surface area contributed by atoms with E-state index in [9.17, 15) is 14.7 Å². The third-order valence-corrected chi connectivity index (χ3v) is 6.10. The van der Waals surface area contributed by atoms with E-state index in [1.54, 1.807) is 47.0 Å². The zero-order chi connectivity index (χ0) is 20.9. The largest absolute Gasteiger partial charge is 0.453 e. The summed E-state index contributed by atoms with van der Waals surface area (Å²) in [5.41, 5.74) is 2.24. The van der Waals surface area contributed by atoms with E-state index in [2.05, 4.69) is 0 Å². The number of rotatable bonds is 5. The molecule has 3 aromatic carbocycles. The van der Waals surface area contributed by atoms with E-state index < -0.39 is 18.7 Å². The van der Waals surface area contributed by atoms with Crippen molar-refractivity contribution in [2.24, 2.45) is 0 Å². The van der Waals surface area contributed by atoms with Crippen molar-refractivity contribution in [3.63, 3.8) is 0 Å². The number of esters is 1. The molecule has 1 heterocycles. The SMILES string of the molecule is O=C(OCC(=O)N1c2ccccc2SC[C@@H]1c1ccccc1)[C@@H](O)c1ccccc1. The van der Waals surface area contributed by atoms with Crippen molar-refractivity contribution < 1.29 is 19.4 Å². The molecule has 1 amide bonds. The number of ether oxygens (including phenoxy) is 1. The van der Waals surface area contributed by atoms with E-state index in [0.717, 1.165) is 16.1 Å². The van der Waals surface area contributed by atoms with Gasteiger partial charge in [0.15, 0.2) is 12.7 Å². The highest BCUT2D eigenvalue weighted by Crippen LogP contribution is 2.43. The first-order valence-electron chi connectivity index (χ1n) is 9.63. The Balaban J connectivity index is 1.53. The number of aliphatic hydroxyl groups excluding tert-OH is 1. The quantitative estimate of drug-likeness (QED) is 0.630. The zero-order valence-electron chi connectivity index (χ0n) is 16.2. The standard InChI is InChI=1S/C24H21NO4S/c26-22(15-29-24(28)23(27)18-11-5-2-6-12-18)25-19-13-7-8-14-21(19)30-16-20(25)17-9-3-1-4-10-17/h1-14,20,23,27H,15-16H2/t20-,23+/m1/s1. The van der Waals surface area contributed by atoms with Gasteiger partial charge in [0.05, 0.1) is 11.7 Å². The summed E-state index contributed by atoms with van der Waals surface area (Å²) in [6, 6.07) is 25.9. The van der Waals surface area contributed by atoms with Gasteiger partial charge in [0.1, 0.15) is 0 Å². The molecular formula is C24H21NO4S. The zero-order valence-corrected chi connectivity index (χ0v) is 17.0. The molecule has 0 fully saturated rings. The molecular weight excluding hydrogens is 398 g/mol. The molecule has 0 aliphatic carbocycles. The molecule has 2 atom stereocenters. The summed E-state index contributed by atoms with van der Waals surface area (Å²) in [7, 11) is 0. The lowest BCUT2D eigenvalue weighted by Crippen LogP contribution is -2.41. The molecule has 5 nitrogen and oxygen atoms in total. The highest BCUT2D eigenvalue weighted by molar-refractivity contribution is 7.99. The van der Waals surface area contributed by atoms with Crippen LogP contribution in [-0.2, 0) is 14.3 Å². The van der Waals surface area contributed by atoms with Crippen LogP contribution in [0.2, 0.25) is 0 Å². The number of anilines is 1. The van der Waals surface area contributed by atoms with Gasteiger partial charge in [-0.3, -0.25) is 9.69 Å². The predicted molar refractivity (Wildman–Crippen MR) is 116 cm³/mol. The predicted octanol–water partition coefficient (Wildman–Crippen LogP) is 4.14. The van der Waals surface area contributed by atoms with Crippen molar-refractivity contribution in [2.75, 3.05) is 17.3 Å². The van der Waals surface area contributed by atoms with E-state index in [1.165, 1.54) is 0 Å². The van der Waals surface area contributed by atoms with Crippen LogP contribution in [0.3, 0.4) is 0 Å². The summed E-state index contributed by atoms with van der Waals surface area (Å²) in [6.45, 7) is -0.439. The molecule has 0 aromatic heterocycles. The van der Waals surface area contributed by atoms with E-state index in [1.807, 2.05) is 54.6 Å². The maximum Gasteiger partial charge on any atom is 0.340 e. The minimum Gasteiger partial charge on any atom is -0.453 e. The first-order chi connectivity index (χ1) is 14.6. The Labute approximate surface area is 179 Å². The van der Waals surface area contributed by atoms with Gasteiger partial charge >= 0.3 is 5.97 Å². The first-order valence-corrected chi connectivity index (χ1v) is 10.6. The van der Waals surface area contributed by atoms with E-state index in [-0.39, 0.29) is 11.9 Å². The lowest BCUT2D eigenvalue weighted by Gasteiger charge is -2.37. The Morgan fingerprint density at radius 2 is 1.60 bits per heavy atom. The van der Waals surface area contributed by atoms with Crippen LogP contribution in [0.15, 0.2) is 89.8 Å². The number of amides is 1. The van der Waals surface area contributed by atoms with Gasteiger partial charge in [-0.15, -0.1) is 11.8 Å². The summed E-state index contributed by atoms with van der Waals surface area (Å²) in [4.78, 5) is 28.2. The average Bonchev–Trinajstić information content (AvgIpc) is 2.82. The number of fused-ring (bicyclic) bond motifs is 1. The van der Waals surface area contributed by atoms with Gasteiger partial charge in [-0.05, 0) is 23.3 Å². The molecule has 30 heavy (non-hydrogen) atoms. The fourth-order valence-electron chi connectivity index (χ4n) is 3.47. The highest BCUT2D eigenvalue weighted by Gasteiger charge is 2.33. The topological polar surface area (TPSA) is 66.8 Å². The van der Waals surface area contributed by atoms with Crippen LogP contribution in [0.4, 0.5) is 5.69 Å². The summed E-state index contributed by atoms with van der Waals surface area (Å²) in [5.74, 6) is -0.469. The number of nitrogens with zero attached hydrogens (tertiary/aromatic N) is 1. The van der Waals surface area contributed by atoms with Gasteiger partial charge in [0.2, 0.25) is 0 Å². The molecule has 3 aromatic rings. The van der Waals surface area contributed by atoms with Crippen LogP contribution in [-0.4, -0.2) is 29.3 Å². The molecule has 1 aliphatic heterocycles. The van der Waals surface area contributed by atoms with E-state index in [0.29, 0.717) is 11.3 Å². The van der Waals surface area contributed by atoms with Gasteiger partial charge in [-0.2, -0.15) is 0 Å². The monoisotopic (exact) mass is 419 g/mol. The second kappa shape index (κ2) is 9.15. The fourth-order valence-corrected chi connectivity index (χ4v) is 4.64. The van der Waals surface area contributed by atoms with Crippen molar-refractivity contribution in [1.82, 2.24) is 0 Å². The molecule has 6 heteroatoms. The van der Waals surface area contributed by atoms with Crippen molar-refractivity contribution >= 4 is 29.3 Å². The number of carbonyl (C=O) groups is 2. The molecule has 0 saturated carbocycles. The number of aliphatic hydroxyl groups is 1. The van der Waals surface area contributed by atoms with Gasteiger partial charge in [-0.1, -0.05) is 72.8 Å². The molecule has 0 radical (unpaired) electrons. The van der Waals surface area contributed by atoms with Crippen LogP contribution in [0.25, 0.3) is 0 Å². The molecule has 0 spiro atoms. The number of benzene rings is 3. The maximum absolute atomic E-state index is 13.2. The van der Waals surface area contributed by atoms with Gasteiger partial charge in [-0.25, -0.2) is 4.79 Å². The third-order valence-electron chi connectivity index (χ3n) is 4.96. The van der Waals surface area contributed by atoms with Crippen molar-refractivity contribution in [3.8, 4) is 0 Å². The molecule has 0 bridgehead atoms. The van der Waals surface area contributed by atoms with Crippen LogP contribution in [0, 0.1) is 0 Å². The lowest BCUT2D eigenvalue weighted by molar-refractivity contribution is -0.156. The molecule has 0 saturated heterocycles. The molecule has 1 N–H and O–H groups in total. The highest BCUT2D eigenvalue weighted by atomic mass is 32.2. The summed E-state index contributed by atoms with van der Waals surface area (Å²) in [6.07, 6.45) is -1.42. The second-order valence-electron chi connectivity index (χ2n) is 6.89. The van der Waals surface area contributed by atoms with Crippen LogP contribution >= 0.6 is 11.8 Å². The molecule has 152 valence electrons. The van der Waals surface area contributed by atoms with Gasteiger partial charge < -0.3 is 9.84 Å².